The first-order valence-electron chi connectivity index (χ1n) is 7.40. The SMILES string of the molecule is CC1(C)CC(C)(C)CC(O)(c2cccc3ccsc23)C1. The summed E-state index contributed by atoms with van der Waals surface area (Å²) in [5.74, 6) is 0. The van der Waals surface area contributed by atoms with E-state index in [-0.39, 0.29) is 10.8 Å². The van der Waals surface area contributed by atoms with Gasteiger partial charge < -0.3 is 5.11 Å². The highest BCUT2D eigenvalue weighted by atomic mass is 32.1. The number of benzene rings is 1. The van der Waals surface area contributed by atoms with E-state index in [4.69, 9.17) is 0 Å². The Labute approximate surface area is 125 Å². The maximum absolute atomic E-state index is 11.4. The summed E-state index contributed by atoms with van der Waals surface area (Å²) < 4.78 is 1.25. The van der Waals surface area contributed by atoms with E-state index in [1.807, 2.05) is 0 Å². The predicted molar refractivity (Wildman–Crippen MR) is 87.1 cm³/mol. The van der Waals surface area contributed by atoms with Gasteiger partial charge in [-0.05, 0) is 46.9 Å². The van der Waals surface area contributed by atoms with Crippen LogP contribution < -0.4 is 0 Å². The van der Waals surface area contributed by atoms with E-state index in [0.717, 1.165) is 18.4 Å². The first-order valence-corrected chi connectivity index (χ1v) is 8.28. The monoisotopic (exact) mass is 288 g/mol. The third kappa shape index (κ3) is 2.40. The van der Waals surface area contributed by atoms with Crippen molar-refractivity contribution in [2.45, 2.75) is 52.6 Å². The van der Waals surface area contributed by atoms with Crippen molar-refractivity contribution in [1.29, 1.82) is 0 Å². The molecule has 0 radical (unpaired) electrons. The highest BCUT2D eigenvalue weighted by Gasteiger charge is 2.47. The molecule has 0 spiro atoms. The first kappa shape index (κ1) is 14.1. The zero-order valence-electron chi connectivity index (χ0n) is 12.9. The minimum absolute atomic E-state index is 0.177. The maximum atomic E-state index is 11.4. The quantitative estimate of drug-likeness (QED) is 0.752. The zero-order valence-corrected chi connectivity index (χ0v) is 13.7. The molecule has 1 nitrogen and oxygen atoms in total. The van der Waals surface area contributed by atoms with Crippen molar-refractivity contribution in [2.75, 3.05) is 0 Å². The number of fused-ring (bicyclic) bond motifs is 1. The largest absolute Gasteiger partial charge is 0.385 e. The van der Waals surface area contributed by atoms with Crippen LogP contribution in [0.15, 0.2) is 29.6 Å². The molecule has 1 N–H and O–H groups in total. The molecule has 1 fully saturated rings. The molecular formula is C18H24OS. The van der Waals surface area contributed by atoms with Gasteiger partial charge in [-0.2, -0.15) is 0 Å². The molecule has 1 saturated carbocycles. The molecule has 1 aliphatic carbocycles. The molecule has 20 heavy (non-hydrogen) atoms. The van der Waals surface area contributed by atoms with Gasteiger partial charge in [-0.3, -0.25) is 0 Å². The smallest absolute Gasteiger partial charge is 0.0920 e. The summed E-state index contributed by atoms with van der Waals surface area (Å²) in [6, 6.07) is 8.48. The predicted octanol–water partition coefficient (Wildman–Crippen LogP) is 5.33. The van der Waals surface area contributed by atoms with Crippen molar-refractivity contribution >= 4 is 21.4 Å². The second kappa shape index (κ2) is 4.32. The lowest BCUT2D eigenvalue weighted by Gasteiger charge is -2.50. The summed E-state index contributed by atoms with van der Waals surface area (Å²) in [5.41, 5.74) is 0.785. The third-order valence-corrected chi connectivity index (χ3v) is 5.44. The molecule has 0 bridgehead atoms. The Balaban J connectivity index is 2.14. The second-order valence-electron chi connectivity index (χ2n) is 8.03. The van der Waals surface area contributed by atoms with E-state index >= 15 is 0 Å². The molecule has 0 saturated heterocycles. The first-order chi connectivity index (χ1) is 9.21. The average Bonchev–Trinajstić information content (AvgIpc) is 2.70. The van der Waals surface area contributed by atoms with Gasteiger partial charge in [-0.1, -0.05) is 45.9 Å². The molecule has 1 aromatic carbocycles. The molecule has 3 rings (SSSR count). The Morgan fingerprint density at radius 1 is 0.950 bits per heavy atom. The van der Waals surface area contributed by atoms with Gasteiger partial charge in [0.25, 0.3) is 0 Å². The number of rotatable bonds is 1. The van der Waals surface area contributed by atoms with Gasteiger partial charge in [-0.15, -0.1) is 11.3 Å². The van der Waals surface area contributed by atoms with Crippen molar-refractivity contribution in [3.05, 3.63) is 35.2 Å². The topological polar surface area (TPSA) is 20.2 Å². The Morgan fingerprint density at radius 2 is 1.60 bits per heavy atom. The van der Waals surface area contributed by atoms with Crippen molar-refractivity contribution in [1.82, 2.24) is 0 Å². The normalized spacial score (nSPS) is 23.9. The van der Waals surface area contributed by atoms with Crippen LogP contribution in [0.2, 0.25) is 0 Å². The Morgan fingerprint density at radius 3 is 2.25 bits per heavy atom. The van der Waals surface area contributed by atoms with E-state index in [1.165, 1.54) is 16.5 Å². The molecule has 108 valence electrons. The van der Waals surface area contributed by atoms with Crippen LogP contribution in [-0.2, 0) is 5.60 Å². The van der Waals surface area contributed by atoms with Gasteiger partial charge in [0.15, 0.2) is 0 Å². The third-order valence-electron chi connectivity index (χ3n) is 4.48. The van der Waals surface area contributed by atoms with E-state index in [1.54, 1.807) is 11.3 Å². The van der Waals surface area contributed by atoms with Crippen LogP contribution in [0.5, 0.6) is 0 Å². The van der Waals surface area contributed by atoms with Crippen LogP contribution in [0.3, 0.4) is 0 Å². The van der Waals surface area contributed by atoms with Gasteiger partial charge in [0.1, 0.15) is 0 Å². The molecule has 1 heterocycles. The Kier molecular flexibility index (Phi) is 3.04. The van der Waals surface area contributed by atoms with Crippen molar-refractivity contribution in [3.8, 4) is 0 Å². The fraction of sp³-hybridized carbons (Fsp3) is 0.556. The van der Waals surface area contributed by atoms with Crippen LogP contribution in [0.1, 0.15) is 52.5 Å². The fourth-order valence-electron chi connectivity index (χ4n) is 4.62. The van der Waals surface area contributed by atoms with Gasteiger partial charge in [0.2, 0.25) is 0 Å². The van der Waals surface area contributed by atoms with E-state index in [2.05, 4.69) is 57.3 Å². The van der Waals surface area contributed by atoms with E-state index < -0.39 is 5.60 Å². The van der Waals surface area contributed by atoms with E-state index in [0.29, 0.717) is 0 Å². The molecule has 0 amide bonds. The lowest BCUT2D eigenvalue weighted by atomic mass is 9.58. The summed E-state index contributed by atoms with van der Waals surface area (Å²) in [5, 5.41) is 14.8. The fourth-order valence-corrected chi connectivity index (χ4v) is 5.62. The lowest BCUT2D eigenvalue weighted by Crippen LogP contribution is -2.44. The Bertz CT molecular complexity index is 620. The minimum Gasteiger partial charge on any atom is -0.385 e. The minimum atomic E-state index is -0.699. The van der Waals surface area contributed by atoms with Crippen molar-refractivity contribution in [2.24, 2.45) is 10.8 Å². The van der Waals surface area contributed by atoms with Crippen molar-refractivity contribution in [3.63, 3.8) is 0 Å². The lowest BCUT2D eigenvalue weighted by molar-refractivity contribution is -0.0902. The van der Waals surface area contributed by atoms with Gasteiger partial charge >= 0.3 is 0 Å². The molecule has 0 unspecified atom stereocenters. The van der Waals surface area contributed by atoms with Crippen molar-refractivity contribution < 1.29 is 5.11 Å². The van der Waals surface area contributed by atoms with Crippen LogP contribution in [0.4, 0.5) is 0 Å². The summed E-state index contributed by atoms with van der Waals surface area (Å²) in [6.07, 6.45) is 2.86. The molecule has 2 aromatic rings. The summed E-state index contributed by atoms with van der Waals surface area (Å²) in [7, 11) is 0. The zero-order chi connectivity index (χ0) is 14.6. The van der Waals surface area contributed by atoms with Gasteiger partial charge in [-0.25, -0.2) is 0 Å². The number of thiophene rings is 1. The number of hydrogen-bond acceptors (Lipinski definition) is 2. The molecule has 0 aliphatic heterocycles. The number of aliphatic hydroxyl groups is 1. The van der Waals surface area contributed by atoms with Crippen LogP contribution in [-0.4, -0.2) is 5.11 Å². The molecule has 1 aliphatic rings. The van der Waals surface area contributed by atoms with Crippen LogP contribution in [0.25, 0.3) is 10.1 Å². The highest BCUT2D eigenvalue weighted by Crippen LogP contribution is 2.54. The van der Waals surface area contributed by atoms with Crippen LogP contribution >= 0.6 is 11.3 Å². The van der Waals surface area contributed by atoms with E-state index in [9.17, 15) is 5.11 Å². The standard InChI is InChI=1S/C18H24OS/c1-16(2)10-17(3,4)12-18(19,11-16)14-7-5-6-13-8-9-20-15(13)14/h5-9,19H,10-12H2,1-4H3. The summed E-state index contributed by atoms with van der Waals surface area (Å²) in [6.45, 7) is 9.14. The van der Waals surface area contributed by atoms with Gasteiger partial charge in [0, 0.05) is 10.3 Å². The average molecular weight is 288 g/mol. The molecule has 2 heteroatoms. The highest BCUT2D eigenvalue weighted by molar-refractivity contribution is 7.17. The number of hydrogen-bond donors (Lipinski definition) is 1. The summed E-state index contributed by atoms with van der Waals surface area (Å²) in [4.78, 5) is 0. The Hall–Kier alpha value is -0.860. The maximum Gasteiger partial charge on any atom is 0.0920 e. The molecule has 1 aromatic heterocycles. The van der Waals surface area contributed by atoms with Crippen LogP contribution in [0, 0.1) is 10.8 Å². The second-order valence-corrected chi connectivity index (χ2v) is 8.95. The van der Waals surface area contributed by atoms with Gasteiger partial charge in [0.05, 0.1) is 5.60 Å². The molecular weight excluding hydrogens is 264 g/mol. The summed E-state index contributed by atoms with van der Waals surface area (Å²) >= 11 is 1.75. The molecule has 0 atom stereocenters.